The van der Waals surface area contributed by atoms with Crippen LogP contribution in [-0.4, -0.2) is 7.11 Å². The third-order valence-electron chi connectivity index (χ3n) is 3.26. The van der Waals surface area contributed by atoms with Crippen LogP contribution in [0.1, 0.15) is 29.5 Å². The van der Waals surface area contributed by atoms with E-state index < -0.39 is 0 Å². The summed E-state index contributed by atoms with van der Waals surface area (Å²) in [6, 6.07) is 16.7. The molecule has 0 heterocycles. The fraction of sp³-hybridized carbons (Fsp3) is 0.250. The fourth-order valence-electron chi connectivity index (χ4n) is 2.26. The summed E-state index contributed by atoms with van der Waals surface area (Å²) in [5, 5.41) is 0. The Morgan fingerprint density at radius 3 is 2.12 bits per heavy atom. The Hall–Kier alpha value is -1.76. The molecular weight excluding hydrogens is 208 g/mol. The van der Waals surface area contributed by atoms with Gasteiger partial charge in [0.05, 0.1) is 7.11 Å². The number of ether oxygens (including phenoxy) is 1. The maximum absolute atomic E-state index is 5.43. The Morgan fingerprint density at radius 1 is 0.882 bits per heavy atom. The van der Waals surface area contributed by atoms with Crippen molar-refractivity contribution in [3.63, 3.8) is 0 Å². The highest BCUT2D eigenvalue weighted by molar-refractivity contribution is 5.43. The van der Waals surface area contributed by atoms with E-state index in [1.165, 1.54) is 16.7 Å². The molecule has 1 heteroatoms. The lowest BCUT2D eigenvalue weighted by atomic mass is 9.89. The molecule has 0 saturated heterocycles. The van der Waals surface area contributed by atoms with Crippen LogP contribution in [0.3, 0.4) is 0 Å². The van der Waals surface area contributed by atoms with Crippen LogP contribution in [0.25, 0.3) is 0 Å². The van der Waals surface area contributed by atoms with E-state index in [0.29, 0.717) is 5.92 Å². The van der Waals surface area contributed by atoms with E-state index >= 15 is 0 Å². The second kappa shape index (κ2) is 5.05. The van der Waals surface area contributed by atoms with Crippen LogP contribution < -0.4 is 4.74 Å². The molecule has 0 fully saturated rings. The van der Waals surface area contributed by atoms with Gasteiger partial charge >= 0.3 is 0 Å². The average molecular weight is 226 g/mol. The van der Waals surface area contributed by atoms with Crippen LogP contribution in [-0.2, 0) is 0 Å². The predicted molar refractivity (Wildman–Crippen MR) is 71.7 cm³/mol. The second-order valence-corrected chi connectivity index (χ2v) is 4.32. The molecule has 1 atom stereocenters. The molecule has 88 valence electrons. The quantitative estimate of drug-likeness (QED) is 0.763. The van der Waals surface area contributed by atoms with Crippen molar-refractivity contribution in [2.45, 2.75) is 19.8 Å². The van der Waals surface area contributed by atoms with Gasteiger partial charge in [-0.05, 0) is 24.1 Å². The van der Waals surface area contributed by atoms with Gasteiger partial charge in [0.15, 0.2) is 0 Å². The number of methoxy groups -OCH3 is 1. The lowest BCUT2D eigenvalue weighted by molar-refractivity contribution is 0.408. The number of hydrogen-bond acceptors (Lipinski definition) is 1. The zero-order valence-electron chi connectivity index (χ0n) is 10.6. The van der Waals surface area contributed by atoms with Gasteiger partial charge in [-0.2, -0.15) is 0 Å². The molecule has 1 unspecified atom stereocenters. The predicted octanol–water partition coefficient (Wildman–Crippen LogP) is 4.16. The minimum absolute atomic E-state index is 0.354. The molecule has 0 amide bonds. The smallest absolute Gasteiger partial charge is 0.122 e. The van der Waals surface area contributed by atoms with Crippen LogP contribution in [0.2, 0.25) is 0 Å². The van der Waals surface area contributed by atoms with Crippen molar-refractivity contribution in [3.05, 3.63) is 65.2 Å². The first-order valence-electron chi connectivity index (χ1n) is 5.92. The molecule has 17 heavy (non-hydrogen) atoms. The SMILES string of the molecule is COc1ccccc1C(C)c1ccccc1C. The summed E-state index contributed by atoms with van der Waals surface area (Å²) in [5.41, 5.74) is 3.92. The van der Waals surface area contributed by atoms with E-state index in [0.717, 1.165) is 5.75 Å². The molecule has 0 aliphatic heterocycles. The Labute approximate surface area is 103 Å². The largest absolute Gasteiger partial charge is 0.496 e. The van der Waals surface area contributed by atoms with Crippen molar-refractivity contribution in [2.75, 3.05) is 7.11 Å². The van der Waals surface area contributed by atoms with Crippen molar-refractivity contribution < 1.29 is 4.74 Å². The minimum atomic E-state index is 0.354. The van der Waals surface area contributed by atoms with Crippen LogP contribution in [0.4, 0.5) is 0 Å². The maximum atomic E-state index is 5.43. The highest BCUT2D eigenvalue weighted by atomic mass is 16.5. The lowest BCUT2D eigenvalue weighted by Gasteiger charge is -2.17. The van der Waals surface area contributed by atoms with Crippen molar-refractivity contribution >= 4 is 0 Å². The van der Waals surface area contributed by atoms with E-state index in [1.54, 1.807) is 7.11 Å². The van der Waals surface area contributed by atoms with Crippen LogP contribution >= 0.6 is 0 Å². The number of hydrogen-bond donors (Lipinski definition) is 0. The van der Waals surface area contributed by atoms with Crippen LogP contribution in [0, 0.1) is 6.92 Å². The first-order valence-corrected chi connectivity index (χ1v) is 5.92. The number of rotatable bonds is 3. The summed E-state index contributed by atoms with van der Waals surface area (Å²) in [7, 11) is 1.73. The summed E-state index contributed by atoms with van der Waals surface area (Å²) in [4.78, 5) is 0. The molecule has 0 aromatic heterocycles. The maximum Gasteiger partial charge on any atom is 0.122 e. The Morgan fingerprint density at radius 2 is 1.47 bits per heavy atom. The minimum Gasteiger partial charge on any atom is -0.496 e. The number of para-hydroxylation sites is 1. The molecule has 0 aliphatic carbocycles. The second-order valence-electron chi connectivity index (χ2n) is 4.32. The first kappa shape index (κ1) is 11.7. The van der Waals surface area contributed by atoms with Gasteiger partial charge in [0.1, 0.15) is 5.75 Å². The van der Waals surface area contributed by atoms with Gasteiger partial charge in [0.2, 0.25) is 0 Å². The van der Waals surface area contributed by atoms with Crippen molar-refractivity contribution in [3.8, 4) is 5.75 Å². The molecule has 0 aliphatic rings. The molecule has 0 saturated carbocycles. The van der Waals surface area contributed by atoms with E-state index in [-0.39, 0.29) is 0 Å². The molecule has 0 radical (unpaired) electrons. The molecule has 0 bridgehead atoms. The van der Waals surface area contributed by atoms with E-state index in [2.05, 4.69) is 50.2 Å². The third-order valence-corrected chi connectivity index (χ3v) is 3.26. The highest BCUT2D eigenvalue weighted by Gasteiger charge is 2.14. The Bertz CT molecular complexity index is 502. The Kier molecular flexibility index (Phi) is 3.48. The topological polar surface area (TPSA) is 9.23 Å². The summed E-state index contributed by atoms with van der Waals surface area (Å²) in [5.74, 6) is 1.32. The average Bonchev–Trinajstić information content (AvgIpc) is 2.38. The summed E-state index contributed by atoms with van der Waals surface area (Å²) >= 11 is 0. The van der Waals surface area contributed by atoms with Crippen molar-refractivity contribution in [1.29, 1.82) is 0 Å². The molecule has 2 aromatic rings. The van der Waals surface area contributed by atoms with Crippen LogP contribution in [0.5, 0.6) is 5.75 Å². The molecule has 2 aromatic carbocycles. The van der Waals surface area contributed by atoms with Gasteiger partial charge in [0.25, 0.3) is 0 Å². The standard InChI is InChI=1S/C16H18O/c1-12-8-4-5-9-14(12)13(2)15-10-6-7-11-16(15)17-3/h4-11,13H,1-3H3. The van der Waals surface area contributed by atoms with Crippen molar-refractivity contribution in [2.24, 2.45) is 0 Å². The zero-order valence-corrected chi connectivity index (χ0v) is 10.6. The third kappa shape index (κ3) is 2.33. The molecule has 1 nitrogen and oxygen atoms in total. The van der Waals surface area contributed by atoms with Gasteiger partial charge < -0.3 is 4.74 Å². The van der Waals surface area contributed by atoms with Gasteiger partial charge in [-0.15, -0.1) is 0 Å². The highest BCUT2D eigenvalue weighted by Crippen LogP contribution is 2.32. The lowest BCUT2D eigenvalue weighted by Crippen LogP contribution is -2.01. The van der Waals surface area contributed by atoms with Crippen molar-refractivity contribution in [1.82, 2.24) is 0 Å². The number of benzene rings is 2. The van der Waals surface area contributed by atoms with Gasteiger partial charge in [-0.25, -0.2) is 0 Å². The molecule has 0 N–H and O–H groups in total. The molecular formula is C16H18O. The number of aryl methyl sites for hydroxylation is 1. The fourth-order valence-corrected chi connectivity index (χ4v) is 2.26. The normalized spacial score (nSPS) is 12.2. The van der Waals surface area contributed by atoms with E-state index in [1.807, 2.05) is 12.1 Å². The molecule has 2 rings (SSSR count). The van der Waals surface area contributed by atoms with E-state index in [9.17, 15) is 0 Å². The monoisotopic (exact) mass is 226 g/mol. The van der Waals surface area contributed by atoms with Gasteiger partial charge in [0, 0.05) is 11.5 Å². The van der Waals surface area contributed by atoms with Gasteiger partial charge in [-0.3, -0.25) is 0 Å². The Balaban J connectivity index is 2.44. The summed E-state index contributed by atoms with van der Waals surface area (Å²) < 4.78 is 5.43. The van der Waals surface area contributed by atoms with E-state index in [4.69, 9.17) is 4.74 Å². The summed E-state index contributed by atoms with van der Waals surface area (Å²) in [6.45, 7) is 4.38. The first-order chi connectivity index (χ1) is 8.24. The summed E-state index contributed by atoms with van der Waals surface area (Å²) in [6.07, 6.45) is 0. The van der Waals surface area contributed by atoms with Gasteiger partial charge in [-0.1, -0.05) is 49.4 Å². The molecule has 0 spiro atoms. The zero-order chi connectivity index (χ0) is 12.3. The van der Waals surface area contributed by atoms with Crippen LogP contribution in [0.15, 0.2) is 48.5 Å².